The second-order valence-electron chi connectivity index (χ2n) is 3.20. The molecule has 1 aliphatic heterocycles. The Morgan fingerprint density at radius 2 is 1.85 bits per heavy atom. The van der Waals surface area contributed by atoms with Crippen molar-refractivity contribution in [3.8, 4) is 0 Å². The van der Waals surface area contributed by atoms with E-state index in [0.29, 0.717) is 25.9 Å². The average Bonchev–Trinajstić information content (AvgIpc) is 2.03. The molecular weight excluding hydrogens is 183 g/mol. The van der Waals surface area contributed by atoms with E-state index >= 15 is 0 Å². The van der Waals surface area contributed by atoms with Gasteiger partial charge in [-0.15, -0.1) is 13.2 Å². The molecule has 0 unspecified atom stereocenters. The molecule has 0 radical (unpaired) electrons. The van der Waals surface area contributed by atoms with Gasteiger partial charge in [0, 0.05) is 13.1 Å². The summed E-state index contributed by atoms with van der Waals surface area (Å²) in [6, 6.07) is 0. The Balaban J connectivity index is 2.25. The van der Waals surface area contributed by atoms with Crippen molar-refractivity contribution in [3.05, 3.63) is 0 Å². The van der Waals surface area contributed by atoms with E-state index in [1.54, 1.807) is 0 Å². The van der Waals surface area contributed by atoms with Crippen molar-refractivity contribution in [1.29, 1.82) is 0 Å². The molecule has 0 N–H and O–H groups in total. The highest BCUT2D eigenvalue weighted by molar-refractivity contribution is 4.71. The SMILES string of the molecule is CCN1CCC(OC(F)(F)F)CC1. The molecule has 0 aromatic heterocycles. The van der Waals surface area contributed by atoms with Crippen LogP contribution in [0.3, 0.4) is 0 Å². The van der Waals surface area contributed by atoms with Crippen molar-refractivity contribution < 1.29 is 17.9 Å². The monoisotopic (exact) mass is 197 g/mol. The zero-order valence-electron chi connectivity index (χ0n) is 7.60. The van der Waals surface area contributed by atoms with Crippen molar-refractivity contribution in [2.45, 2.75) is 32.2 Å². The number of hydrogen-bond donors (Lipinski definition) is 0. The lowest BCUT2D eigenvalue weighted by Crippen LogP contribution is -2.38. The quantitative estimate of drug-likeness (QED) is 0.671. The maximum atomic E-state index is 11.8. The number of piperidine rings is 1. The van der Waals surface area contributed by atoms with Gasteiger partial charge in [0.15, 0.2) is 0 Å². The third kappa shape index (κ3) is 3.95. The van der Waals surface area contributed by atoms with Gasteiger partial charge in [-0.1, -0.05) is 6.92 Å². The summed E-state index contributed by atoms with van der Waals surface area (Å²) in [5.41, 5.74) is 0. The van der Waals surface area contributed by atoms with E-state index in [1.807, 2.05) is 6.92 Å². The molecule has 1 fully saturated rings. The predicted octanol–water partition coefficient (Wildman–Crippen LogP) is 2.01. The van der Waals surface area contributed by atoms with Gasteiger partial charge >= 0.3 is 6.36 Å². The van der Waals surface area contributed by atoms with Gasteiger partial charge in [-0.3, -0.25) is 4.74 Å². The molecule has 1 rings (SSSR count). The molecule has 0 aromatic carbocycles. The predicted molar refractivity (Wildman–Crippen MR) is 42.3 cm³/mol. The number of nitrogens with zero attached hydrogens (tertiary/aromatic N) is 1. The summed E-state index contributed by atoms with van der Waals surface area (Å²) >= 11 is 0. The summed E-state index contributed by atoms with van der Waals surface area (Å²) in [5.74, 6) is 0. The van der Waals surface area contributed by atoms with E-state index < -0.39 is 12.5 Å². The first-order chi connectivity index (χ1) is 6.01. The summed E-state index contributed by atoms with van der Waals surface area (Å²) in [6.45, 7) is 4.32. The highest BCUT2D eigenvalue weighted by Gasteiger charge is 2.34. The van der Waals surface area contributed by atoms with Crippen LogP contribution in [0.5, 0.6) is 0 Å². The Labute approximate surface area is 75.7 Å². The van der Waals surface area contributed by atoms with Crippen molar-refractivity contribution in [1.82, 2.24) is 4.90 Å². The summed E-state index contributed by atoms with van der Waals surface area (Å²) in [4.78, 5) is 2.12. The van der Waals surface area contributed by atoms with Gasteiger partial charge in [0.05, 0.1) is 6.10 Å². The summed E-state index contributed by atoms with van der Waals surface area (Å²) in [5, 5.41) is 0. The van der Waals surface area contributed by atoms with E-state index in [1.165, 1.54) is 0 Å². The third-order valence-electron chi connectivity index (χ3n) is 2.28. The van der Waals surface area contributed by atoms with Crippen LogP contribution >= 0.6 is 0 Å². The zero-order valence-corrected chi connectivity index (χ0v) is 7.60. The molecule has 1 aliphatic rings. The van der Waals surface area contributed by atoms with Crippen molar-refractivity contribution in [2.24, 2.45) is 0 Å². The van der Waals surface area contributed by atoms with Gasteiger partial charge in [0.25, 0.3) is 0 Å². The molecule has 0 saturated carbocycles. The molecule has 0 aromatic rings. The van der Waals surface area contributed by atoms with Gasteiger partial charge in [-0.2, -0.15) is 0 Å². The molecule has 78 valence electrons. The van der Waals surface area contributed by atoms with E-state index in [0.717, 1.165) is 6.54 Å². The standard InChI is InChI=1S/C8H14F3NO/c1-2-12-5-3-7(4-6-12)13-8(9,10)11/h7H,2-6H2,1H3. The normalized spacial score (nSPS) is 22.2. The largest absolute Gasteiger partial charge is 0.522 e. The number of hydrogen-bond acceptors (Lipinski definition) is 2. The van der Waals surface area contributed by atoms with E-state index in [9.17, 15) is 13.2 Å². The fourth-order valence-corrected chi connectivity index (χ4v) is 1.53. The van der Waals surface area contributed by atoms with Gasteiger partial charge in [0.1, 0.15) is 0 Å². The van der Waals surface area contributed by atoms with Crippen LogP contribution in [-0.4, -0.2) is 37.0 Å². The minimum absolute atomic E-state index is 0.480. The first kappa shape index (κ1) is 10.8. The molecule has 0 atom stereocenters. The first-order valence-corrected chi connectivity index (χ1v) is 4.48. The molecule has 1 heterocycles. The van der Waals surface area contributed by atoms with Gasteiger partial charge in [-0.25, -0.2) is 0 Å². The van der Waals surface area contributed by atoms with Crippen LogP contribution in [0.15, 0.2) is 0 Å². The van der Waals surface area contributed by atoms with Crippen LogP contribution in [0, 0.1) is 0 Å². The average molecular weight is 197 g/mol. The number of ether oxygens (including phenoxy) is 1. The maximum Gasteiger partial charge on any atom is 0.522 e. The Morgan fingerprint density at radius 3 is 2.23 bits per heavy atom. The minimum Gasteiger partial charge on any atom is -0.303 e. The second-order valence-corrected chi connectivity index (χ2v) is 3.20. The number of alkyl halides is 3. The van der Waals surface area contributed by atoms with Gasteiger partial charge < -0.3 is 4.90 Å². The van der Waals surface area contributed by atoms with Crippen LogP contribution in [0.2, 0.25) is 0 Å². The van der Waals surface area contributed by atoms with Crippen LogP contribution in [0.25, 0.3) is 0 Å². The lowest BCUT2D eigenvalue weighted by Gasteiger charge is -2.31. The molecule has 0 aliphatic carbocycles. The molecule has 0 bridgehead atoms. The van der Waals surface area contributed by atoms with Crippen molar-refractivity contribution >= 4 is 0 Å². The lowest BCUT2D eigenvalue weighted by atomic mass is 10.1. The maximum absolute atomic E-state index is 11.8. The molecule has 5 heteroatoms. The van der Waals surface area contributed by atoms with Crippen LogP contribution in [0.4, 0.5) is 13.2 Å². The lowest BCUT2D eigenvalue weighted by molar-refractivity contribution is -0.345. The number of likely N-dealkylation sites (tertiary alicyclic amines) is 1. The smallest absolute Gasteiger partial charge is 0.303 e. The molecule has 0 spiro atoms. The van der Waals surface area contributed by atoms with Crippen LogP contribution in [-0.2, 0) is 4.74 Å². The van der Waals surface area contributed by atoms with E-state index in [4.69, 9.17) is 0 Å². The molecule has 1 saturated heterocycles. The molecule has 2 nitrogen and oxygen atoms in total. The van der Waals surface area contributed by atoms with Gasteiger partial charge in [0.2, 0.25) is 0 Å². The second kappa shape index (κ2) is 4.28. The third-order valence-corrected chi connectivity index (χ3v) is 2.28. The van der Waals surface area contributed by atoms with Crippen LogP contribution in [0.1, 0.15) is 19.8 Å². The topological polar surface area (TPSA) is 12.5 Å². The molecular formula is C8H14F3NO. The van der Waals surface area contributed by atoms with Crippen molar-refractivity contribution in [2.75, 3.05) is 19.6 Å². The Hall–Kier alpha value is -0.290. The highest BCUT2D eigenvalue weighted by atomic mass is 19.4. The summed E-state index contributed by atoms with van der Waals surface area (Å²) in [7, 11) is 0. The summed E-state index contributed by atoms with van der Waals surface area (Å²) in [6.07, 6.45) is -4.15. The number of rotatable bonds is 2. The number of halogens is 3. The fraction of sp³-hybridized carbons (Fsp3) is 1.00. The Kier molecular flexibility index (Phi) is 3.55. The summed E-state index contributed by atoms with van der Waals surface area (Å²) < 4.78 is 39.3. The molecule has 0 amide bonds. The van der Waals surface area contributed by atoms with Crippen LogP contribution < -0.4 is 0 Å². The zero-order chi connectivity index (χ0) is 9.90. The van der Waals surface area contributed by atoms with Gasteiger partial charge in [-0.05, 0) is 19.4 Å². The minimum atomic E-state index is -4.47. The van der Waals surface area contributed by atoms with E-state index in [-0.39, 0.29) is 0 Å². The Morgan fingerprint density at radius 1 is 1.31 bits per heavy atom. The fourth-order valence-electron chi connectivity index (χ4n) is 1.53. The highest BCUT2D eigenvalue weighted by Crippen LogP contribution is 2.24. The Bertz CT molecular complexity index is 152. The van der Waals surface area contributed by atoms with Crippen molar-refractivity contribution in [3.63, 3.8) is 0 Å². The molecule has 13 heavy (non-hydrogen) atoms. The first-order valence-electron chi connectivity index (χ1n) is 4.48. The van der Waals surface area contributed by atoms with E-state index in [2.05, 4.69) is 9.64 Å².